The maximum Gasteiger partial charge on any atom is 0.0200 e. The first-order chi connectivity index (χ1) is 21.8. The van der Waals surface area contributed by atoms with E-state index < -0.39 is 0 Å². The van der Waals surface area contributed by atoms with Crippen molar-refractivity contribution >= 4 is 21.9 Å². The lowest BCUT2D eigenvalue weighted by atomic mass is 9.77. The molecule has 9 rings (SSSR count). The largest absolute Gasteiger partial charge is 0.0767 e. The fourth-order valence-corrected chi connectivity index (χ4v) is 7.59. The van der Waals surface area contributed by atoms with Crippen LogP contribution in [0.25, 0.3) is 66.4 Å². The molecule has 3 aliphatic carbocycles. The highest BCUT2D eigenvalue weighted by Crippen LogP contribution is 2.59. The standard InChI is InChI=1S/C44H30/c1-3-12-31(13-4-1)40-28-39(32-24-21-30(22-25-32)36-26-23-29-11-7-8-16-35(29)27-36)42(34-14-5-2-6-15-34)44-38-20-10-18-33-17-9-19-37(41(33)38)43(40)44/h1-28,33,41H. The van der Waals surface area contributed by atoms with Crippen LogP contribution < -0.4 is 0 Å². The molecular formula is C44H30. The number of hydrogen-bond acceptors (Lipinski definition) is 0. The van der Waals surface area contributed by atoms with Crippen LogP contribution in [0, 0.1) is 11.8 Å². The van der Waals surface area contributed by atoms with Crippen LogP contribution in [0.4, 0.5) is 0 Å². The van der Waals surface area contributed by atoms with E-state index in [1.165, 1.54) is 77.6 Å². The number of hydrogen-bond donors (Lipinski definition) is 0. The van der Waals surface area contributed by atoms with Crippen LogP contribution in [-0.2, 0) is 0 Å². The normalized spacial score (nSPS) is 17.6. The van der Waals surface area contributed by atoms with E-state index in [1.807, 2.05) is 0 Å². The Morgan fingerprint density at radius 3 is 1.64 bits per heavy atom. The molecule has 3 aliphatic rings. The van der Waals surface area contributed by atoms with Crippen molar-refractivity contribution in [2.45, 2.75) is 0 Å². The second-order valence-corrected chi connectivity index (χ2v) is 12.0. The average molecular weight is 559 g/mol. The van der Waals surface area contributed by atoms with Crippen molar-refractivity contribution in [3.8, 4) is 44.5 Å². The summed E-state index contributed by atoms with van der Waals surface area (Å²) in [6.45, 7) is 0. The summed E-state index contributed by atoms with van der Waals surface area (Å²) in [5, 5.41) is 2.54. The fourth-order valence-electron chi connectivity index (χ4n) is 7.59. The van der Waals surface area contributed by atoms with Crippen LogP contribution in [-0.4, -0.2) is 0 Å². The number of benzene rings is 6. The molecule has 0 heterocycles. The van der Waals surface area contributed by atoms with Crippen molar-refractivity contribution in [2.75, 3.05) is 0 Å². The van der Waals surface area contributed by atoms with Crippen molar-refractivity contribution < 1.29 is 0 Å². The molecule has 0 fully saturated rings. The third-order valence-electron chi connectivity index (χ3n) is 9.60. The van der Waals surface area contributed by atoms with Crippen molar-refractivity contribution in [2.24, 2.45) is 11.8 Å². The molecule has 0 N–H and O–H groups in total. The van der Waals surface area contributed by atoms with Gasteiger partial charge in [0, 0.05) is 11.8 Å². The zero-order valence-corrected chi connectivity index (χ0v) is 24.3. The zero-order chi connectivity index (χ0) is 29.0. The molecule has 2 atom stereocenters. The average Bonchev–Trinajstić information content (AvgIpc) is 3.44. The molecule has 0 radical (unpaired) electrons. The molecule has 6 aromatic rings. The van der Waals surface area contributed by atoms with Crippen molar-refractivity contribution in [3.05, 3.63) is 181 Å². The molecule has 0 aliphatic heterocycles. The van der Waals surface area contributed by atoms with E-state index in [-0.39, 0.29) is 0 Å². The summed E-state index contributed by atoms with van der Waals surface area (Å²) >= 11 is 0. The van der Waals surface area contributed by atoms with Crippen LogP contribution >= 0.6 is 0 Å². The van der Waals surface area contributed by atoms with E-state index in [4.69, 9.17) is 0 Å². The Labute approximate surface area is 258 Å². The summed E-state index contributed by atoms with van der Waals surface area (Å²) in [5.74, 6) is 0.745. The summed E-state index contributed by atoms with van der Waals surface area (Å²) in [5.41, 5.74) is 15.8. The minimum Gasteiger partial charge on any atom is -0.0767 e. The Kier molecular flexibility index (Phi) is 5.74. The van der Waals surface area contributed by atoms with Gasteiger partial charge in [-0.15, -0.1) is 0 Å². The molecule has 0 nitrogen and oxygen atoms in total. The Morgan fingerprint density at radius 2 is 0.909 bits per heavy atom. The molecule has 0 saturated carbocycles. The molecule has 6 aromatic carbocycles. The third kappa shape index (κ3) is 3.92. The van der Waals surface area contributed by atoms with Crippen LogP contribution in [0.3, 0.4) is 0 Å². The Balaban J connectivity index is 1.30. The number of fused-ring (bicyclic) bond motifs is 4. The predicted octanol–water partition coefficient (Wildman–Crippen LogP) is 11.7. The first-order valence-corrected chi connectivity index (χ1v) is 15.5. The molecule has 0 bridgehead atoms. The van der Waals surface area contributed by atoms with Gasteiger partial charge < -0.3 is 0 Å². The highest BCUT2D eigenvalue weighted by molar-refractivity contribution is 6.10. The van der Waals surface area contributed by atoms with Gasteiger partial charge in [0.1, 0.15) is 0 Å². The molecule has 0 amide bonds. The predicted molar refractivity (Wildman–Crippen MR) is 187 cm³/mol. The van der Waals surface area contributed by atoms with E-state index in [0.29, 0.717) is 11.8 Å². The van der Waals surface area contributed by atoms with Crippen LogP contribution in [0.5, 0.6) is 0 Å². The summed E-state index contributed by atoms with van der Waals surface area (Å²) in [6, 6.07) is 48.9. The summed E-state index contributed by atoms with van der Waals surface area (Å²) < 4.78 is 0. The maximum absolute atomic E-state index is 2.46. The van der Waals surface area contributed by atoms with Gasteiger partial charge in [0.25, 0.3) is 0 Å². The summed E-state index contributed by atoms with van der Waals surface area (Å²) in [6.07, 6.45) is 14.0. The quantitative estimate of drug-likeness (QED) is 0.202. The topological polar surface area (TPSA) is 0 Å². The van der Waals surface area contributed by atoms with Gasteiger partial charge in [-0.25, -0.2) is 0 Å². The molecule has 0 saturated heterocycles. The van der Waals surface area contributed by atoms with Crippen LogP contribution in [0.15, 0.2) is 170 Å². The number of rotatable bonds is 4. The van der Waals surface area contributed by atoms with E-state index in [0.717, 1.165) is 0 Å². The van der Waals surface area contributed by atoms with E-state index in [1.54, 1.807) is 0 Å². The third-order valence-corrected chi connectivity index (χ3v) is 9.60. The Bertz CT molecular complexity index is 2190. The van der Waals surface area contributed by atoms with Gasteiger partial charge in [0.05, 0.1) is 0 Å². The highest BCUT2D eigenvalue weighted by Gasteiger charge is 2.41. The van der Waals surface area contributed by atoms with Gasteiger partial charge in [-0.05, 0) is 89.7 Å². The van der Waals surface area contributed by atoms with E-state index in [9.17, 15) is 0 Å². The van der Waals surface area contributed by atoms with Gasteiger partial charge in [-0.2, -0.15) is 0 Å². The lowest BCUT2D eigenvalue weighted by Crippen LogP contribution is -2.14. The molecule has 0 spiro atoms. The van der Waals surface area contributed by atoms with Gasteiger partial charge in [0.15, 0.2) is 0 Å². The smallest absolute Gasteiger partial charge is 0.0200 e. The van der Waals surface area contributed by atoms with Gasteiger partial charge >= 0.3 is 0 Å². The van der Waals surface area contributed by atoms with Crippen LogP contribution in [0.1, 0.15) is 11.1 Å². The van der Waals surface area contributed by atoms with E-state index >= 15 is 0 Å². The van der Waals surface area contributed by atoms with Gasteiger partial charge in [-0.1, -0.05) is 158 Å². The molecule has 44 heavy (non-hydrogen) atoms. The first-order valence-electron chi connectivity index (χ1n) is 15.5. The summed E-state index contributed by atoms with van der Waals surface area (Å²) in [7, 11) is 0. The van der Waals surface area contributed by atoms with Gasteiger partial charge in [-0.3, -0.25) is 0 Å². The van der Waals surface area contributed by atoms with Gasteiger partial charge in [0.2, 0.25) is 0 Å². The second kappa shape index (κ2) is 10.1. The Hall–Kier alpha value is -5.46. The Morgan fingerprint density at radius 1 is 0.364 bits per heavy atom. The summed E-state index contributed by atoms with van der Waals surface area (Å²) in [4.78, 5) is 0. The maximum atomic E-state index is 2.46. The molecular weight excluding hydrogens is 528 g/mol. The monoisotopic (exact) mass is 558 g/mol. The lowest BCUT2D eigenvalue weighted by Gasteiger charge is -2.26. The zero-order valence-electron chi connectivity index (χ0n) is 24.3. The SMILES string of the molecule is C1=CC2C=CC=C3c4c(c(-c5ccccc5)cc(-c5ccc(-c6ccc7ccccc7c6)cc5)c4-c4ccccc4)C(=C1)C32. The number of allylic oxidation sites excluding steroid dienone is 8. The first kappa shape index (κ1) is 25.1. The minimum absolute atomic E-state index is 0.357. The molecule has 0 heteroatoms. The van der Waals surface area contributed by atoms with Crippen LogP contribution in [0.2, 0.25) is 0 Å². The highest BCUT2D eigenvalue weighted by atomic mass is 14.4. The molecule has 2 unspecified atom stereocenters. The van der Waals surface area contributed by atoms with Crippen molar-refractivity contribution in [1.82, 2.24) is 0 Å². The lowest BCUT2D eigenvalue weighted by molar-refractivity contribution is 0.707. The van der Waals surface area contributed by atoms with Crippen molar-refractivity contribution in [1.29, 1.82) is 0 Å². The van der Waals surface area contributed by atoms with Crippen molar-refractivity contribution in [3.63, 3.8) is 0 Å². The minimum atomic E-state index is 0.357. The molecule has 206 valence electrons. The van der Waals surface area contributed by atoms with E-state index in [2.05, 4.69) is 170 Å². The molecule has 0 aromatic heterocycles. The fraction of sp³-hybridized carbons (Fsp3) is 0.0455. The second-order valence-electron chi connectivity index (χ2n) is 12.0.